The van der Waals surface area contributed by atoms with Crippen LogP contribution in [0.4, 0.5) is 5.69 Å². The van der Waals surface area contributed by atoms with Gasteiger partial charge < -0.3 is 10.6 Å². The molecule has 96 valence electrons. The van der Waals surface area contributed by atoms with Crippen LogP contribution in [-0.2, 0) is 13.0 Å². The van der Waals surface area contributed by atoms with Crippen LogP contribution in [0.15, 0.2) is 18.2 Å². The van der Waals surface area contributed by atoms with E-state index in [0.717, 1.165) is 31.0 Å². The Labute approximate surface area is 109 Å². The Morgan fingerprint density at radius 2 is 1.94 bits per heavy atom. The lowest BCUT2D eigenvalue weighted by Gasteiger charge is -2.18. The zero-order valence-electron chi connectivity index (χ0n) is 10.9. The van der Waals surface area contributed by atoms with Crippen molar-refractivity contribution in [1.29, 1.82) is 0 Å². The average molecular weight is 242 g/mol. The maximum atomic E-state index is 3.83. The van der Waals surface area contributed by atoms with E-state index >= 15 is 0 Å². The van der Waals surface area contributed by atoms with E-state index in [1.165, 1.54) is 48.9 Å². The predicted octanol–water partition coefficient (Wildman–Crippen LogP) is 2.93. The molecule has 2 saturated carbocycles. The van der Waals surface area contributed by atoms with Gasteiger partial charge in [-0.2, -0.15) is 0 Å². The normalized spacial score (nSPS) is 22.1. The summed E-state index contributed by atoms with van der Waals surface area (Å²) in [7, 11) is 0. The Morgan fingerprint density at radius 3 is 2.67 bits per heavy atom. The van der Waals surface area contributed by atoms with Crippen molar-refractivity contribution in [3.63, 3.8) is 0 Å². The summed E-state index contributed by atoms with van der Waals surface area (Å²) in [5.41, 5.74) is 4.31. The largest absolute Gasteiger partial charge is 0.384 e. The molecule has 2 fully saturated rings. The van der Waals surface area contributed by atoms with Crippen molar-refractivity contribution in [3.8, 4) is 0 Å². The van der Waals surface area contributed by atoms with Crippen LogP contribution in [0, 0.1) is 11.8 Å². The van der Waals surface area contributed by atoms with E-state index in [-0.39, 0.29) is 0 Å². The van der Waals surface area contributed by atoms with Crippen LogP contribution in [0.1, 0.15) is 36.8 Å². The van der Waals surface area contributed by atoms with Gasteiger partial charge >= 0.3 is 0 Å². The first kappa shape index (κ1) is 10.9. The second-order valence-corrected chi connectivity index (χ2v) is 6.25. The fourth-order valence-electron chi connectivity index (χ4n) is 3.33. The lowest BCUT2D eigenvalue weighted by Crippen LogP contribution is -2.32. The summed E-state index contributed by atoms with van der Waals surface area (Å²) in [5.74, 6) is 1.99. The van der Waals surface area contributed by atoms with E-state index in [4.69, 9.17) is 0 Å². The molecule has 4 rings (SSSR count). The molecule has 18 heavy (non-hydrogen) atoms. The summed E-state index contributed by atoms with van der Waals surface area (Å²) in [4.78, 5) is 0. The molecule has 0 amide bonds. The van der Waals surface area contributed by atoms with Gasteiger partial charge in [0.25, 0.3) is 0 Å². The highest BCUT2D eigenvalue weighted by atomic mass is 14.9. The molecule has 0 saturated heterocycles. The standard InChI is InChI=1S/C16H22N2/c1-6-15-14(7-8-17-15)9-11(1)10-18-16(12-2-3-12)13-4-5-13/h1,6,9,12-13,16-18H,2-5,7-8,10H2. The van der Waals surface area contributed by atoms with Crippen LogP contribution in [0.5, 0.6) is 0 Å². The van der Waals surface area contributed by atoms with Gasteiger partial charge in [-0.1, -0.05) is 12.1 Å². The van der Waals surface area contributed by atoms with E-state index in [1.54, 1.807) is 0 Å². The number of hydrogen-bond donors (Lipinski definition) is 2. The number of anilines is 1. The first-order valence-electron chi connectivity index (χ1n) is 7.49. The maximum Gasteiger partial charge on any atom is 0.0373 e. The average Bonchev–Trinajstić information content (AvgIpc) is 3.29. The fourth-order valence-corrected chi connectivity index (χ4v) is 3.33. The molecule has 1 aromatic rings. The molecule has 2 nitrogen and oxygen atoms in total. The molecule has 2 N–H and O–H groups in total. The quantitative estimate of drug-likeness (QED) is 0.829. The number of fused-ring (bicyclic) bond motifs is 1. The molecule has 0 bridgehead atoms. The molecule has 0 spiro atoms. The maximum absolute atomic E-state index is 3.83. The molecule has 1 aliphatic heterocycles. The Hall–Kier alpha value is -1.02. The summed E-state index contributed by atoms with van der Waals surface area (Å²) in [6, 6.07) is 7.74. The topological polar surface area (TPSA) is 24.1 Å². The molecule has 2 heteroatoms. The summed E-state index contributed by atoms with van der Waals surface area (Å²) in [5, 5.41) is 7.26. The van der Waals surface area contributed by atoms with E-state index in [0.29, 0.717) is 0 Å². The third-order valence-corrected chi connectivity index (χ3v) is 4.68. The number of hydrogen-bond acceptors (Lipinski definition) is 2. The van der Waals surface area contributed by atoms with E-state index in [9.17, 15) is 0 Å². The first-order valence-corrected chi connectivity index (χ1v) is 7.49. The highest BCUT2D eigenvalue weighted by Crippen LogP contribution is 2.44. The van der Waals surface area contributed by atoms with E-state index in [2.05, 4.69) is 28.8 Å². The van der Waals surface area contributed by atoms with Crippen LogP contribution in [0.3, 0.4) is 0 Å². The van der Waals surface area contributed by atoms with Crippen molar-refractivity contribution in [2.45, 2.75) is 44.7 Å². The minimum Gasteiger partial charge on any atom is -0.384 e. The molecule has 1 aromatic carbocycles. The monoisotopic (exact) mass is 242 g/mol. The first-order chi connectivity index (χ1) is 8.90. The third kappa shape index (κ3) is 2.14. The Morgan fingerprint density at radius 1 is 1.17 bits per heavy atom. The molecule has 0 radical (unpaired) electrons. The van der Waals surface area contributed by atoms with Crippen LogP contribution < -0.4 is 10.6 Å². The minimum absolute atomic E-state index is 0.816. The molecular weight excluding hydrogens is 220 g/mol. The highest BCUT2D eigenvalue weighted by molar-refractivity contribution is 5.56. The van der Waals surface area contributed by atoms with Crippen molar-refractivity contribution >= 4 is 5.69 Å². The van der Waals surface area contributed by atoms with Gasteiger partial charge in [0.05, 0.1) is 0 Å². The van der Waals surface area contributed by atoms with E-state index in [1.807, 2.05) is 0 Å². The van der Waals surface area contributed by atoms with Crippen molar-refractivity contribution in [1.82, 2.24) is 5.32 Å². The lowest BCUT2D eigenvalue weighted by molar-refractivity contribution is 0.416. The van der Waals surface area contributed by atoms with Gasteiger partial charge in [0.15, 0.2) is 0 Å². The van der Waals surface area contributed by atoms with Gasteiger partial charge in [-0.15, -0.1) is 0 Å². The summed E-state index contributed by atoms with van der Waals surface area (Å²) in [6.07, 6.45) is 7.03. The molecular formula is C16H22N2. The predicted molar refractivity (Wildman–Crippen MR) is 74.7 cm³/mol. The molecule has 1 heterocycles. The van der Waals surface area contributed by atoms with Crippen molar-refractivity contribution in [3.05, 3.63) is 29.3 Å². The highest BCUT2D eigenvalue weighted by Gasteiger charge is 2.40. The summed E-state index contributed by atoms with van der Waals surface area (Å²) in [6.45, 7) is 2.17. The molecule has 0 aromatic heterocycles. The van der Waals surface area contributed by atoms with Gasteiger partial charge in [-0.3, -0.25) is 0 Å². The van der Waals surface area contributed by atoms with Crippen molar-refractivity contribution < 1.29 is 0 Å². The van der Waals surface area contributed by atoms with Crippen molar-refractivity contribution in [2.24, 2.45) is 11.8 Å². The van der Waals surface area contributed by atoms with Crippen LogP contribution >= 0.6 is 0 Å². The van der Waals surface area contributed by atoms with E-state index < -0.39 is 0 Å². The molecule has 3 aliphatic rings. The molecule has 0 unspecified atom stereocenters. The summed E-state index contributed by atoms with van der Waals surface area (Å²) >= 11 is 0. The van der Waals surface area contributed by atoms with Gasteiger partial charge in [0.2, 0.25) is 0 Å². The number of rotatable bonds is 5. The molecule has 0 atom stereocenters. The lowest BCUT2D eigenvalue weighted by atomic mass is 10.1. The smallest absolute Gasteiger partial charge is 0.0373 e. The Bertz CT molecular complexity index is 434. The zero-order chi connectivity index (χ0) is 11.9. The Balaban J connectivity index is 1.41. The second-order valence-electron chi connectivity index (χ2n) is 6.25. The van der Waals surface area contributed by atoms with Crippen LogP contribution in [0.25, 0.3) is 0 Å². The van der Waals surface area contributed by atoms with Gasteiger partial charge in [-0.05, 0) is 61.1 Å². The number of benzene rings is 1. The fraction of sp³-hybridized carbons (Fsp3) is 0.625. The van der Waals surface area contributed by atoms with Gasteiger partial charge in [0.1, 0.15) is 0 Å². The SMILES string of the molecule is c1cc2c(cc1CNC(C1CC1)C1CC1)CCN2. The molecule has 2 aliphatic carbocycles. The zero-order valence-corrected chi connectivity index (χ0v) is 10.9. The second kappa shape index (κ2) is 4.27. The van der Waals surface area contributed by atoms with Gasteiger partial charge in [0, 0.05) is 24.8 Å². The van der Waals surface area contributed by atoms with Crippen LogP contribution in [-0.4, -0.2) is 12.6 Å². The third-order valence-electron chi connectivity index (χ3n) is 4.68. The van der Waals surface area contributed by atoms with Crippen LogP contribution in [0.2, 0.25) is 0 Å². The summed E-state index contributed by atoms with van der Waals surface area (Å²) < 4.78 is 0. The van der Waals surface area contributed by atoms with Crippen molar-refractivity contribution in [2.75, 3.05) is 11.9 Å². The van der Waals surface area contributed by atoms with Gasteiger partial charge in [-0.25, -0.2) is 0 Å². The Kier molecular flexibility index (Phi) is 2.58. The number of nitrogens with one attached hydrogen (secondary N) is 2. The minimum atomic E-state index is 0.816.